The summed E-state index contributed by atoms with van der Waals surface area (Å²) in [6.07, 6.45) is 0.352. The number of hydrogen-bond acceptors (Lipinski definition) is 3. The first kappa shape index (κ1) is 13.0. The lowest BCUT2D eigenvalue weighted by atomic mass is 10.1. The van der Waals surface area contributed by atoms with Crippen LogP contribution in [0.3, 0.4) is 0 Å². The molecule has 0 bridgehead atoms. The second-order valence-corrected chi connectivity index (χ2v) is 5.84. The van der Waals surface area contributed by atoms with Gasteiger partial charge in [0, 0.05) is 10.7 Å². The summed E-state index contributed by atoms with van der Waals surface area (Å²) in [6.45, 7) is 1.90. The number of benzene rings is 1. The molecule has 6 heteroatoms. The highest BCUT2D eigenvalue weighted by Gasteiger charge is 2.17. The second kappa shape index (κ2) is 4.84. The van der Waals surface area contributed by atoms with Crippen LogP contribution in [0.5, 0.6) is 0 Å². The summed E-state index contributed by atoms with van der Waals surface area (Å²) in [5, 5.41) is 8.68. The van der Waals surface area contributed by atoms with Crippen molar-refractivity contribution in [3.05, 3.63) is 29.3 Å². The van der Waals surface area contributed by atoms with Crippen molar-refractivity contribution in [1.82, 2.24) is 0 Å². The van der Waals surface area contributed by atoms with Crippen LogP contribution in [0.15, 0.2) is 23.1 Å². The van der Waals surface area contributed by atoms with E-state index in [1.807, 2.05) is 6.92 Å². The Kier molecular flexibility index (Phi) is 3.93. The highest BCUT2D eigenvalue weighted by Crippen LogP contribution is 2.22. The van der Waals surface area contributed by atoms with Gasteiger partial charge in [-0.3, -0.25) is 4.79 Å². The van der Waals surface area contributed by atoms with Crippen LogP contribution >= 0.6 is 10.7 Å². The van der Waals surface area contributed by atoms with E-state index in [-0.39, 0.29) is 16.9 Å². The maximum Gasteiger partial charge on any atom is 0.307 e. The zero-order valence-corrected chi connectivity index (χ0v) is 10.2. The third-order valence-electron chi connectivity index (χ3n) is 2.14. The van der Waals surface area contributed by atoms with Crippen molar-refractivity contribution in [2.45, 2.75) is 24.7 Å². The minimum absolute atomic E-state index is 0.131. The molecule has 88 valence electrons. The van der Waals surface area contributed by atoms with E-state index in [0.29, 0.717) is 6.42 Å². The topological polar surface area (TPSA) is 71.4 Å². The van der Waals surface area contributed by atoms with Gasteiger partial charge in [0.15, 0.2) is 0 Å². The standard InChI is InChI=1S/C10H11ClO4S/c1-2-7-3-4-9(16(11,14)15)8(5-7)6-10(12)13/h3-5H,2,6H2,1H3,(H,12,13). The maximum atomic E-state index is 11.2. The summed E-state index contributed by atoms with van der Waals surface area (Å²) < 4.78 is 22.4. The Balaban J connectivity index is 3.33. The van der Waals surface area contributed by atoms with Gasteiger partial charge in [-0.15, -0.1) is 0 Å². The Morgan fingerprint density at radius 1 is 1.44 bits per heavy atom. The molecular weight excluding hydrogens is 252 g/mol. The van der Waals surface area contributed by atoms with Gasteiger partial charge in [0.05, 0.1) is 11.3 Å². The molecule has 0 saturated heterocycles. The number of hydrogen-bond donors (Lipinski definition) is 1. The van der Waals surface area contributed by atoms with E-state index in [1.165, 1.54) is 6.07 Å². The summed E-state index contributed by atoms with van der Waals surface area (Å²) in [4.78, 5) is 10.5. The van der Waals surface area contributed by atoms with Crippen molar-refractivity contribution in [2.24, 2.45) is 0 Å². The van der Waals surface area contributed by atoms with Crippen LogP contribution in [0.4, 0.5) is 0 Å². The number of carboxylic acid groups (broad SMARTS) is 1. The molecule has 0 aliphatic carbocycles. The molecule has 0 amide bonds. The van der Waals surface area contributed by atoms with E-state index in [2.05, 4.69) is 0 Å². The quantitative estimate of drug-likeness (QED) is 0.840. The van der Waals surface area contributed by atoms with E-state index in [9.17, 15) is 13.2 Å². The lowest BCUT2D eigenvalue weighted by molar-refractivity contribution is -0.136. The summed E-state index contributed by atoms with van der Waals surface area (Å²) in [5.41, 5.74) is 1.10. The van der Waals surface area contributed by atoms with Crippen molar-refractivity contribution in [1.29, 1.82) is 0 Å². The summed E-state index contributed by atoms with van der Waals surface area (Å²) in [5.74, 6) is -1.09. The zero-order chi connectivity index (χ0) is 12.3. The predicted molar refractivity (Wildman–Crippen MR) is 60.2 cm³/mol. The summed E-state index contributed by atoms with van der Waals surface area (Å²) in [6, 6.07) is 4.53. The smallest absolute Gasteiger partial charge is 0.307 e. The molecular formula is C10H11ClO4S. The van der Waals surface area contributed by atoms with Crippen LogP contribution in [0.2, 0.25) is 0 Å². The molecule has 1 N–H and O–H groups in total. The van der Waals surface area contributed by atoms with E-state index in [0.717, 1.165) is 5.56 Å². The molecule has 0 saturated carbocycles. The van der Waals surface area contributed by atoms with Crippen molar-refractivity contribution in [3.63, 3.8) is 0 Å². The van der Waals surface area contributed by atoms with E-state index >= 15 is 0 Å². The van der Waals surface area contributed by atoms with Gasteiger partial charge in [0.25, 0.3) is 9.05 Å². The average Bonchev–Trinajstić information content (AvgIpc) is 2.14. The number of carboxylic acids is 1. The molecule has 1 aromatic rings. The molecule has 4 nitrogen and oxygen atoms in total. The zero-order valence-electron chi connectivity index (χ0n) is 8.60. The van der Waals surface area contributed by atoms with Gasteiger partial charge in [-0.05, 0) is 23.6 Å². The van der Waals surface area contributed by atoms with Crippen molar-refractivity contribution in [2.75, 3.05) is 0 Å². The number of halogens is 1. The SMILES string of the molecule is CCc1ccc(S(=O)(=O)Cl)c(CC(=O)O)c1. The Hall–Kier alpha value is -1.07. The molecule has 0 spiro atoms. The van der Waals surface area contributed by atoms with Crippen LogP contribution in [-0.4, -0.2) is 19.5 Å². The van der Waals surface area contributed by atoms with E-state index in [1.54, 1.807) is 12.1 Å². The van der Waals surface area contributed by atoms with Gasteiger partial charge >= 0.3 is 5.97 Å². The normalized spacial score (nSPS) is 11.4. The Morgan fingerprint density at radius 2 is 2.06 bits per heavy atom. The van der Waals surface area contributed by atoms with Crippen molar-refractivity contribution in [3.8, 4) is 0 Å². The van der Waals surface area contributed by atoms with Crippen LogP contribution in [-0.2, 0) is 26.7 Å². The number of aliphatic carboxylic acids is 1. The van der Waals surface area contributed by atoms with Gasteiger partial charge in [0.1, 0.15) is 0 Å². The van der Waals surface area contributed by atoms with Crippen molar-refractivity contribution < 1.29 is 18.3 Å². The molecule has 0 fully saturated rings. The maximum absolute atomic E-state index is 11.2. The molecule has 1 rings (SSSR count). The highest BCUT2D eigenvalue weighted by atomic mass is 35.7. The highest BCUT2D eigenvalue weighted by molar-refractivity contribution is 8.13. The molecule has 0 radical (unpaired) electrons. The summed E-state index contributed by atoms with van der Waals surface area (Å²) in [7, 11) is 1.33. The predicted octanol–water partition coefficient (Wildman–Crippen LogP) is 1.80. The lowest BCUT2D eigenvalue weighted by Gasteiger charge is -2.06. The molecule has 0 heterocycles. The number of rotatable bonds is 4. The number of aryl methyl sites for hydroxylation is 1. The second-order valence-electron chi connectivity index (χ2n) is 3.30. The average molecular weight is 263 g/mol. The van der Waals surface area contributed by atoms with Crippen LogP contribution in [0.25, 0.3) is 0 Å². The van der Waals surface area contributed by atoms with Gasteiger partial charge in [-0.2, -0.15) is 0 Å². The Morgan fingerprint density at radius 3 is 2.50 bits per heavy atom. The molecule has 16 heavy (non-hydrogen) atoms. The molecule has 0 atom stereocenters. The largest absolute Gasteiger partial charge is 0.481 e. The van der Waals surface area contributed by atoms with Crippen LogP contribution in [0.1, 0.15) is 18.1 Å². The fourth-order valence-electron chi connectivity index (χ4n) is 1.39. The van der Waals surface area contributed by atoms with Gasteiger partial charge in [-0.25, -0.2) is 8.42 Å². The Bertz CT molecular complexity index is 508. The molecule has 0 aromatic heterocycles. The lowest BCUT2D eigenvalue weighted by Crippen LogP contribution is -2.06. The van der Waals surface area contributed by atoms with E-state index in [4.69, 9.17) is 15.8 Å². The van der Waals surface area contributed by atoms with E-state index < -0.39 is 15.0 Å². The third-order valence-corrected chi connectivity index (χ3v) is 3.56. The Labute approximate surface area is 98.3 Å². The molecule has 0 unspecified atom stereocenters. The third kappa shape index (κ3) is 3.21. The first-order valence-electron chi connectivity index (χ1n) is 4.63. The van der Waals surface area contributed by atoms with Gasteiger partial charge in [0.2, 0.25) is 0 Å². The monoisotopic (exact) mass is 262 g/mol. The molecule has 0 aliphatic rings. The first-order chi connectivity index (χ1) is 7.34. The van der Waals surface area contributed by atoms with Gasteiger partial charge in [-0.1, -0.05) is 19.1 Å². The van der Waals surface area contributed by atoms with Crippen LogP contribution in [0, 0.1) is 0 Å². The fraction of sp³-hybridized carbons (Fsp3) is 0.300. The van der Waals surface area contributed by atoms with Crippen molar-refractivity contribution >= 4 is 25.7 Å². The molecule has 1 aromatic carbocycles. The van der Waals surface area contributed by atoms with Gasteiger partial charge < -0.3 is 5.11 Å². The minimum Gasteiger partial charge on any atom is -0.481 e. The summed E-state index contributed by atoms with van der Waals surface area (Å²) >= 11 is 0. The minimum atomic E-state index is -3.90. The first-order valence-corrected chi connectivity index (χ1v) is 6.93. The fourth-order valence-corrected chi connectivity index (χ4v) is 2.52. The molecule has 0 aliphatic heterocycles. The number of carbonyl (C=O) groups is 1. The van der Waals surface area contributed by atoms with Crippen LogP contribution < -0.4 is 0 Å².